The highest BCUT2D eigenvalue weighted by atomic mass is 16.2. The van der Waals surface area contributed by atoms with Crippen molar-refractivity contribution >= 4 is 11.6 Å². The molecule has 3 rings (SSSR count). The van der Waals surface area contributed by atoms with Gasteiger partial charge in [-0.15, -0.1) is 0 Å². The van der Waals surface area contributed by atoms with Gasteiger partial charge in [0, 0.05) is 17.6 Å². The Morgan fingerprint density at radius 1 is 1.26 bits per heavy atom. The lowest BCUT2D eigenvalue weighted by atomic mass is 9.75. The molecule has 0 spiro atoms. The van der Waals surface area contributed by atoms with Crippen LogP contribution in [0.15, 0.2) is 18.2 Å². The Balaban J connectivity index is 2.25. The molecule has 0 bridgehead atoms. The molecular formula is C16H22N2O. The van der Waals surface area contributed by atoms with E-state index in [1.807, 2.05) is 4.90 Å². The SMILES string of the molecule is CCN1C(=O)CN2c3ccc(C)cc3C(C)(C)[C@]12C. The van der Waals surface area contributed by atoms with Gasteiger partial charge in [0.2, 0.25) is 5.91 Å². The number of likely N-dealkylation sites (N-methyl/N-ethyl adjacent to an activating group) is 1. The second-order valence-corrected chi connectivity index (χ2v) is 6.39. The number of rotatable bonds is 1. The predicted molar refractivity (Wildman–Crippen MR) is 77.3 cm³/mol. The third-order valence-corrected chi connectivity index (χ3v) is 5.26. The average Bonchev–Trinajstić information content (AvgIpc) is 2.69. The van der Waals surface area contributed by atoms with Crippen LogP contribution < -0.4 is 4.90 Å². The first-order valence-corrected chi connectivity index (χ1v) is 7.03. The molecule has 0 aromatic heterocycles. The largest absolute Gasteiger partial charge is 0.338 e. The maximum atomic E-state index is 12.3. The lowest BCUT2D eigenvalue weighted by molar-refractivity contribution is -0.131. The van der Waals surface area contributed by atoms with Crippen LogP contribution in [0.5, 0.6) is 0 Å². The molecule has 1 saturated heterocycles. The standard InChI is InChI=1S/C16H22N2O/c1-6-17-14(19)10-18-13-8-7-11(2)9-12(13)15(3,4)16(17,18)5/h7-9H,6,10H2,1-5H3/t16-/m1/s1. The minimum Gasteiger partial charge on any atom is -0.338 e. The molecule has 1 aromatic rings. The minimum atomic E-state index is -0.241. The summed E-state index contributed by atoms with van der Waals surface area (Å²) in [6.07, 6.45) is 0. The highest BCUT2D eigenvalue weighted by molar-refractivity contribution is 5.90. The number of carbonyl (C=O) groups is 1. The van der Waals surface area contributed by atoms with E-state index in [2.05, 4.69) is 57.7 Å². The van der Waals surface area contributed by atoms with Gasteiger partial charge in [0.1, 0.15) is 5.66 Å². The Morgan fingerprint density at radius 3 is 2.58 bits per heavy atom. The van der Waals surface area contributed by atoms with Gasteiger partial charge in [-0.1, -0.05) is 31.5 Å². The summed E-state index contributed by atoms with van der Waals surface area (Å²) >= 11 is 0. The van der Waals surface area contributed by atoms with Crippen LogP contribution in [0, 0.1) is 6.92 Å². The number of hydrogen-bond donors (Lipinski definition) is 0. The molecular weight excluding hydrogens is 236 g/mol. The van der Waals surface area contributed by atoms with Crippen molar-refractivity contribution in [1.82, 2.24) is 4.90 Å². The van der Waals surface area contributed by atoms with Gasteiger partial charge in [-0.25, -0.2) is 0 Å². The van der Waals surface area contributed by atoms with Crippen molar-refractivity contribution in [2.24, 2.45) is 0 Å². The van der Waals surface area contributed by atoms with Crippen LogP contribution in [0.1, 0.15) is 38.8 Å². The third kappa shape index (κ3) is 1.26. The molecule has 0 unspecified atom stereocenters. The van der Waals surface area contributed by atoms with Gasteiger partial charge < -0.3 is 9.80 Å². The number of fused-ring (bicyclic) bond motifs is 3. The summed E-state index contributed by atoms with van der Waals surface area (Å²) < 4.78 is 0. The molecule has 3 nitrogen and oxygen atoms in total. The molecule has 0 aliphatic carbocycles. The van der Waals surface area contributed by atoms with Crippen LogP contribution in [-0.4, -0.2) is 29.6 Å². The van der Waals surface area contributed by atoms with Gasteiger partial charge in [-0.2, -0.15) is 0 Å². The van der Waals surface area contributed by atoms with Gasteiger partial charge in [0.25, 0.3) is 0 Å². The Kier molecular flexibility index (Phi) is 2.32. The zero-order valence-corrected chi connectivity index (χ0v) is 12.4. The zero-order valence-electron chi connectivity index (χ0n) is 12.4. The van der Waals surface area contributed by atoms with E-state index in [4.69, 9.17) is 0 Å². The maximum absolute atomic E-state index is 12.3. The molecule has 0 saturated carbocycles. The van der Waals surface area contributed by atoms with E-state index in [0.29, 0.717) is 6.54 Å². The Morgan fingerprint density at radius 2 is 1.95 bits per heavy atom. The van der Waals surface area contributed by atoms with Gasteiger partial charge in [-0.3, -0.25) is 4.79 Å². The molecule has 1 amide bonds. The normalized spacial score (nSPS) is 27.7. The summed E-state index contributed by atoms with van der Waals surface area (Å²) in [6.45, 7) is 12.2. The molecule has 3 heteroatoms. The first-order chi connectivity index (χ1) is 8.84. The molecule has 0 N–H and O–H groups in total. The second-order valence-electron chi connectivity index (χ2n) is 6.39. The van der Waals surface area contributed by atoms with Crippen LogP contribution in [-0.2, 0) is 10.2 Å². The van der Waals surface area contributed by atoms with Crippen LogP contribution in [0.4, 0.5) is 5.69 Å². The molecule has 1 fully saturated rings. The van der Waals surface area contributed by atoms with Crippen molar-refractivity contribution in [3.8, 4) is 0 Å². The van der Waals surface area contributed by atoms with Gasteiger partial charge in [0.05, 0.1) is 6.54 Å². The average molecular weight is 258 g/mol. The highest BCUT2D eigenvalue weighted by Crippen LogP contribution is 2.55. The topological polar surface area (TPSA) is 23.6 Å². The van der Waals surface area contributed by atoms with Gasteiger partial charge in [0.15, 0.2) is 0 Å². The van der Waals surface area contributed by atoms with Crippen molar-refractivity contribution in [1.29, 1.82) is 0 Å². The Hall–Kier alpha value is -1.51. The third-order valence-electron chi connectivity index (χ3n) is 5.26. The van der Waals surface area contributed by atoms with E-state index in [9.17, 15) is 4.79 Å². The van der Waals surface area contributed by atoms with E-state index < -0.39 is 0 Å². The van der Waals surface area contributed by atoms with Crippen LogP contribution in [0.25, 0.3) is 0 Å². The first-order valence-electron chi connectivity index (χ1n) is 7.03. The summed E-state index contributed by atoms with van der Waals surface area (Å²) in [7, 11) is 0. The lowest BCUT2D eigenvalue weighted by Gasteiger charge is -2.45. The number of aryl methyl sites for hydroxylation is 1. The molecule has 1 atom stereocenters. The fourth-order valence-corrected chi connectivity index (χ4v) is 3.88. The van der Waals surface area contributed by atoms with E-state index in [0.717, 1.165) is 6.54 Å². The van der Waals surface area contributed by atoms with Crippen molar-refractivity contribution in [2.45, 2.75) is 45.7 Å². The number of amides is 1. The number of anilines is 1. The Labute approximate surface area is 115 Å². The van der Waals surface area contributed by atoms with E-state index in [1.165, 1.54) is 16.8 Å². The quantitative estimate of drug-likeness (QED) is 0.773. The summed E-state index contributed by atoms with van der Waals surface area (Å²) in [5, 5.41) is 0. The van der Waals surface area contributed by atoms with Crippen LogP contribution >= 0.6 is 0 Å². The molecule has 102 valence electrons. The van der Waals surface area contributed by atoms with Crippen LogP contribution in [0.2, 0.25) is 0 Å². The molecule has 19 heavy (non-hydrogen) atoms. The predicted octanol–water partition coefficient (Wildman–Crippen LogP) is 2.67. The number of hydrogen-bond acceptors (Lipinski definition) is 2. The Bertz CT molecular complexity index is 564. The number of nitrogens with zero attached hydrogens (tertiary/aromatic N) is 2. The second kappa shape index (κ2) is 3.53. The highest BCUT2D eigenvalue weighted by Gasteiger charge is 2.61. The monoisotopic (exact) mass is 258 g/mol. The van der Waals surface area contributed by atoms with E-state index in [1.54, 1.807) is 0 Å². The fraction of sp³-hybridized carbons (Fsp3) is 0.562. The smallest absolute Gasteiger partial charge is 0.244 e. The maximum Gasteiger partial charge on any atom is 0.244 e. The van der Waals surface area contributed by atoms with Gasteiger partial charge in [-0.05, 0) is 32.4 Å². The molecule has 0 radical (unpaired) electrons. The van der Waals surface area contributed by atoms with Gasteiger partial charge >= 0.3 is 0 Å². The van der Waals surface area contributed by atoms with E-state index >= 15 is 0 Å². The molecule has 1 aromatic carbocycles. The van der Waals surface area contributed by atoms with Crippen molar-refractivity contribution in [3.05, 3.63) is 29.3 Å². The lowest BCUT2D eigenvalue weighted by Crippen LogP contribution is -2.59. The summed E-state index contributed by atoms with van der Waals surface area (Å²) in [5.41, 5.74) is 3.57. The summed E-state index contributed by atoms with van der Waals surface area (Å²) in [5.74, 6) is 0.240. The van der Waals surface area contributed by atoms with Crippen LogP contribution in [0.3, 0.4) is 0 Å². The molecule has 2 heterocycles. The number of benzene rings is 1. The first kappa shape index (κ1) is 12.5. The van der Waals surface area contributed by atoms with Crippen molar-refractivity contribution in [2.75, 3.05) is 18.0 Å². The number of carbonyl (C=O) groups excluding carboxylic acids is 1. The zero-order chi connectivity index (χ0) is 14.0. The van der Waals surface area contributed by atoms with Crippen molar-refractivity contribution < 1.29 is 4.79 Å². The molecule has 2 aliphatic rings. The summed E-state index contributed by atoms with van der Waals surface area (Å²) in [4.78, 5) is 16.6. The van der Waals surface area contributed by atoms with Crippen molar-refractivity contribution in [3.63, 3.8) is 0 Å². The fourth-order valence-electron chi connectivity index (χ4n) is 3.88. The van der Waals surface area contributed by atoms with E-state index in [-0.39, 0.29) is 17.0 Å². The minimum absolute atomic E-state index is 0.0590. The summed E-state index contributed by atoms with van der Waals surface area (Å²) in [6, 6.07) is 6.58. The molecule has 2 aliphatic heterocycles.